The molecule has 0 saturated heterocycles. The zero-order valence-corrected chi connectivity index (χ0v) is 15.6. The number of aryl methyl sites for hydroxylation is 2. The first-order valence-electron chi connectivity index (χ1n) is 9.34. The molecule has 2 heterocycles. The molecule has 0 bridgehead atoms. The van der Waals surface area contributed by atoms with E-state index >= 15 is 0 Å². The Kier molecular flexibility index (Phi) is 4.94. The highest BCUT2D eigenvalue weighted by molar-refractivity contribution is 5.80. The van der Waals surface area contributed by atoms with E-state index in [0.717, 1.165) is 59.4 Å². The summed E-state index contributed by atoms with van der Waals surface area (Å²) in [5.41, 5.74) is 2.65. The molecule has 1 aromatic carbocycles. The third kappa shape index (κ3) is 4.03. The molecule has 1 saturated carbocycles. The maximum Gasteiger partial charge on any atom is 0.223 e. The van der Waals surface area contributed by atoms with Crippen LogP contribution >= 0.6 is 0 Å². The maximum atomic E-state index is 9.64. The summed E-state index contributed by atoms with van der Waals surface area (Å²) in [5, 5.41) is 17.9. The van der Waals surface area contributed by atoms with Gasteiger partial charge in [-0.3, -0.25) is 0 Å². The lowest BCUT2D eigenvalue weighted by Gasteiger charge is -2.26. The lowest BCUT2D eigenvalue weighted by molar-refractivity contribution is 0.126. The van der Waals surface area contributed by atoms with Gasteiger partial charge in [-0.25, -0.2) is 9.97 Å². The summed E-state index contributed by atoms with van der Waals surface area (Å²) in [6.45, 7) is 4.20. The number of hydrogen-bond donors (Lipinski definition) is 2. The quantitative estimate of drug-likeness (QED) is 0.711. The third-order valence-corrected chi connectivity index (χ3v) is 5.15. The number of benzene rings is 1. The van der Waals surface area contributed by atoms with Crippen LogP contribution in [0, 0.1) is 13.8 Å². The van der Waals surface area contributed by atoms with Crippen molar-refractivity contribution in [2.75, 3.05) is 5.32 Å². The molecule has 27 heavy (non-hydrogen) atoms. The van der Waals surface area contributed by atoms with Gasteiger partial charge in [0.1, 0.15) is 18.1 Å². The second-order valence-electron chi connectivity index (χ2n) is 7.16. The first-order valence-corrected chi connectivity index (χ1v) is 9.34. The van der Waals surface area contributed by atoms with Gasteiger partial charge in [0.05, 0.1) is 22.9 Å². The summed E-state index contributed by atoms with van der Waals surface area (Å²) in [5.74, 6) is 2.14. The van der Waals surface area contributed by atoms with Gasteiger partial charge >= 0.3 is 0 Å². The Bertz CT molecular complexity index is 913. The molecule has 0 amide bonds. The minimum Gasteiger partial charge on any atom is -0.489 e. The van der Waals surface area contributed by atoms with Gasteiger partial charge in [-0.05, 0) is 51.7 Å². The molecular weight excluding hydrogens is 344 g/mol. The Hall–Kier alpha value is -2.67. The predicted octanol–water partition coefficient (Wildman–Crippen LogP) is 3.53. The second kappa shape index (κ2) is 7.52. The predicted molar refractivity (Wildman–Crippen MR) is 102 cm³/mol. The van der Waals surface area contributed by atoms with Gasteiger partial charge in [0, 0.05) is 23.7 Å². The minimum atomic E-state index is -0.169. The van der Waals surface area contributed by atoms with Crippen molar-refractivity contribution < 1.29 is 14.4 Å². The van der Waals surface area contributed by atoms with Crippen LogP contribution in [0.2, 0.25) is 0 Å². The molecule has 0 aliphatic heterocycles. The molecule has 0 atom stereocenters. The molecular formula is C20H24N4O3. The van der Waals surface area contributed by atoms with Gasteiger partial charge in [0.2, 0.25) is 5.95 Å². The van der Waals surface area contributed by atoms with Crippen molar-refractivity contribution >= 4 is 16.9 Å². The minimum absolute atomic E-state index is 0.169. The molecule has 1 aliphatic rings. The van der Waals surface area contributed by atoms with Crippen molar-refractivity contribution in [3.63, 3.8) is 0 Å². The molecule has 0 radical (unpaired) electrons. The van der Waals surface area contributed by atoms with Crippen LogP contribution < -0.4 is 10.1 Å². The fraction of sp³-hybridized carbons (Fsp3) is 0.450. The number of nitrogens with one attached hydrogen (secondary N) is 1. The van der Waals surface area contributed by atoms with Crippen molar-refractivity contribution in [2.45, 2.75) is 58.3 Å². The Morgan fingerprint density at radius 1 is 1.22 bits per heavy atom. The summed E-state index contributed by atoms with van der Waals surface area (Å²) < 4.78 is 11.1. The molecule has 7 nitrogen and oxygen atoms in total. The summed E-state index contributed by atoms with van der Waals surface area (Å²) in [7, 11) is 0. The molecule has 4 rings (SSSR count). The zero-order chi connectivity index (χ0) is 18.8. The van der Waals surface area contributed by atoms with Crippen LogP contribution in [0.25, 0.3) is 10.9 Å². The van der Waals surface area contributed by atoms with Gasteiger partial charge in [0.25, 0.3) is 0 Å². The number of aromatic nitrogens is 3. The molecule has 3 aromatic rings. The van der Waals surface area contributed by atoms with Gasteiger partial charge in [-0.15, -0.1) is 0 Å². The average molecular weight is 368 g/mol. The molecule has 1 aliphatic carbocycles. The topological polar surface area (TPSA) is 93.3 Å². The molecule has 0 spiro atoms. The fourth-order valence-corrected chi connectivity index (χ4v) is 3.43. The van der Waals surface area contributed by atoms with Crippen molar-refractivity contribution in [3.8, 4) is 5.75 Å². The summed E-state index contributed by atoms with van der Waals surface area (Å²) in [6, 6.07) is 6.10. The third-order valence-electron chi connectivity index (χ3n) is 5.15. The monoisotopic (exact) mass is 368 g/mol. The van der Waals surface area contributed by atoms with Crippen molar-refractivity contribution in [2.24, 2.45) is 0 Å². The van der Waals surface area contributed by atoms with E-state index in [-0.39, 0.29) is 6.10 Å². The summed E-state index contributed by atoms with van der Waals surface area (Å²) >= 11 is 0. The highest BCUT2D eigenvalue weighted by Gasteiger charge is 2.19. The van der Waals surface area contributed by atoms with E-state index in [9.17, 15) is 5.11 Å². The number of anilines is 1. The number of aliphatic hydroxyl groups excluding tert-OH is 1. The lowest BCUT2D eigenvalue weighted by atomic mass is 9.93. The van der Waals surface area contributed by atoms with E-state index in [2.05, 4.69) is 20.4 Å². The standard InChI is InChI=1S/C20H24N4O3/c1-12-18(13(2)27-24-12)11-26-17-8-3-14-10-21-20(23-19(14)9-17)22-15-4-6-16(25)7-5-15/h3,8-10,15-16,25H,4-7,11H2,1-2H3,(H,21,22,23). The van der Waals surface area contributed by atoms with Crippen molar-refractivity contribution in [1.29, 1.82) is 0 Å². The smallest absolute Gasteiger partial charge is 0.223 e. The van der Waals surface area contributed by atoms with Crippen LogP contribution in [0.15, 0.2) is 28.9 Å². The van der Waals surface area contributed by atoms with Crippen molar-refractivity contribution in [3.05, 3.63) is 41.4 Å². The van der Waals surface area contributed by atoms with E-state index in [4.69, 9.17) is 9.26 Å². The number of nitrogens with zero attached hydrogens (tertiary/aromatic N) is 3. The lowest BCUT2D eigenvalue weighted by Crippen LogP contribution is -2.28. The molecule has 2 N–H and O–H groups in total. The second-order valence-corrected chi connectivity index (χ2v) is 7.16. The van der Waals surface area contributed by atoms with Gasteiger partial charge in [-0.2, -0.15) is 0 Å². The number of fused-ring (bicyclic) bond motifs is 1. The van der Waals surface area contributed by atoms with Crippen LogP contribution in [-0.4, -0.2) is 32.4 Å². The molecule has 142 valence electrons. The SMILES string of the molecule is Cc1noc(C)c1COc1ccc2cnc(NC3CCC(O)CC3)nc2c1. The average Bonchev–Trinajstić information content (AvgIpc) is 2.99. The zero-order valence-electron chi connectivity index (χ0n) is 15.6. The highest BCUT2D eigenvalue weighted by atomic mass is 16.5. The fourth-order valence-electron chi connectivity index (χ4n) is 3.43. The van der Waals surface area contributed by atoms with Gasteiger partial charge in [-0.1, -0.05) is 5.16 Å². The Balaban J connectivity index is 1.47. The first kappa shape index (κ1) is 17.7. The largest absolute Gasteiger partial charge is 0.489 e. The number of ether oxygens (including phenoxy) is 1. The molecule has 0 unspecified atom stereocenters. The Labute approximate surface area is 157 Å². The summed E-state index contributed by atoms with van der Waals surface area (Å²) in [4.78, 5) is 9.05. The molecule has 2 aromatic heterocycles. The molecule has 1 fully saturated rings. The van der Waals surface area contributed by atoms with Crippen LogP contribution in [0.3, 0.4) is 0 Å². The van der Waals surface area contributed by atoms with E-state index in [1.807, 2.05) is 38.2 Å². The van der Waals surface area contributed by atoms with Crippen LogP contribution in [0.4, 0.5) is 5.95 Å². The van der Waals surface area contributed by atoms with Crippen LogP contribution in [0.1, 0.15) is 42.7 Å². The van der Waals surface area contributed by atoms with Gasteiger partial charge in [0.15, 0.2) is 0 Å². The van der Waals surface area contributed by atoms with Crippen LogP contribution in [-0.2, 0) is 6.61 Å². The number of hydrogen-bond acceptors (Lipinski definition) is 7. The number of aliphatic hydroxyl groups is 1. The Morgan fingerprint density at radius 2 is 2.04 bits per heavy atom. The normalized spacial score (nSPS) is 20.0. The first-order chi connectivity index (χ1) is 13.1. The Morgan fingerprint density at radius 3 is 2.78 bits per heavy atom. The maximum absolute atomic E-state index is 9.64. The van der Waals surface area contributed by atoms with Gasteiger partial charge < -0.3 is 19.7 Å². The number of rotatable bonds is 5. The highest BCUT2D eigenvalue weighted by Crippen LogP contribution is 2.24. The van der Waals surface area contributed by atoms with Crippen molar-refractivity contribution in [1.82, 2.24) is 15.1 Å². The van der Waals surface area contributed by atoms with E-state index < -0.39 is 0 Å². The van der Waals surface area contributed by atoms with E-state index in [1.165, 1.54) is 0 Å². The van der Waals surface area contributed by atoms with Crippen LogP contribution in [0.5, 0.6) is 5.75 Å². The molecule has 7 heteroatoms. The van der Waals surface area contributed by atoms with E-state index in [0.29, 0.717) is 18.6 Å². The van der Waals surface area contributed by atoms with E-state index in [1.54, 1.807) is 0 Å². The summed E-state index contributed by atoms with van der Waals surface area (Å²) in [6.07, 6.45) is 5.17.